The molecule has 4 heterocycles. The van der Waals surface area contributed by atoms with Crippen molar-refractivity contribution in [2.45, 2.75) is 33.6 Å². The van der Waals surface area contributed by atoms with Crippen LogP contribution >= 0.6 is 0 Å². The molecule has 1 aliphatic heterocycles. The minimum absolute atomic E-state index is 1.04. The number of rotatable bonds is 3. The second-order valence-electron chi connectivity index (χ2n) is 8.12. The first-order valence-corrected chi connectivity index (χ1v) is 10.4. The molecule has 1 N–H and O–H groups in total. The normalized spacial score (nSPS) is 14.1. The van der Waals surface area contributed by atoms with E-state index in [0.29, 0.717) is 0 Å². The summed E-state index contributed by atoms with van der Waals surface area (Å²) in [5.74, 6) is 1.09. The maximum atomic E-state index is 4.72. The maximum absolute atomic E-state index is 4.72. The third kappa shape index (κ3) is 3.29. The van der Waals surface area contributed by atoms with Gasteiger partial charge in [-0.25, -0.2) is 4.98 Å². The third-order valence-electron chi connectivity index (χ3n) is 5.94. The third-order valence-corrected chi connectivity index (χ3v) is 5.94. The molecule has 1 aromatic carbocycles. The largest absolute Gasteiger partial charge is 0.357 e. The van der Waals surface area contributed by atoms with Crippen molar-refractivity contribution in [1.29, 1.82) is 0 Å². The van der Waals surface area contributed by atoms with Crippen molar-refractivity contribution in [2.75, 3.05) is 18.0 Å². The minimum Gasteiger partial charge on any atom is -0.357 e. The van der Waals surface area contributed by atoms with E-state index in [-0.39, 0.29) is 0 Å². The van der Waals surface area contributed by atoms with Crippen LogP contribution in [0.25, 0.3) is 33.3 Å². The SMILES string of the molecule is Cc1cc(-c2[nH]c3cc(-c4ccc(N5CCCC5)nc4)ccc3c2C)cc(C)n1. The molecule has 3 aromatic heterocycles. The molecule has 1 saturated heterocycles. The van der Waals surface area contributed by atoms with Gasteiger partial charge in [-0.15, -0.1) is 0 Å². The molecule has 29 heavy (non-hydrogen) atoms. The van der Waals surface area contributed by atoms with Crippen molar-refractivity contribution < 1.29 is 0 Å². The Labute approximate surface area is 171 Å². The first kappa shape index (κ1) is 17.9. The second kappa shape index (κ2) is 7.03. The number of anilines is 1. The van der Waals surface area contributed by atoms with E-state index in [0.717, 1.165) is 41.4 Å². The molecule has 146 valence electrons. The highest BCUT2D eigenvalue weighted by Crippen LogP contribution is 2.33. The summed E-state index contributed by atoms with van der Waals surface area (Å²) in [4.78, 5) is 15.2. The first-order chi connectivity index (χ1) is 14.1. The van der Waals surface area contributed by atoms with Crippen LogP contribution in [0.4, 0.5) is 5.82 Å². The predicted molar refractivity (Wildman–Crippen MR) is 120 cm³/mol. The Kier molecular flexibility index (Phi) is 4.35. The van der Waals surface area contributed by atoms with Crippen LogP contribution in [-0.4, -0.2) is 28.0 Å². The maximum Gasteiger partial charge on any atom is 0.128 e. The Hall–Kier alpha value is -3.14. The summed E-state index contributed by atoms with van der Waals surface area (Å²) < 4.78 is 0. The van der Waals surface area contributed by atoms with Gasteiger partial charge in [0.2, 0.25) is 0 Å². The Bertz CT molecular complexity index is 1160. The molecule has 0 spiro atoms. The number of aromatic nitrogens is 3. The van der Waals surface area contributed by atoms with Gasteiger partial charge in [0, 0.05) is 58.4 Å². The van der Waals surface area contributed by atoms with E-state index in [1.54, 1.807) is 0 Å². The van der Waals surface area contributed by atoms with Crippen LogP contribution in [0.15, 0.2) is 48.7 Å². The van der Waals surface area contributed by atoms with Gasteiger partial charge < -0.3 is 9.88 Å². The summed E-state index contributed by atoms with van der Waals surface area (Å²) in [7, 11) is 0. The zero-order valence-corrected chi connectivity index (χ0v) is 17.3. The molecular weight excluding hydrogens is 356 g/mol. The van der Waals surface area contributed by atoms with E-state index in [4.69, 9.17) is 4.98 Å². The van der Waals surface area contributed by atoms with E-state index < -0.39 is 0 Å². The summed E-state index contributed by atoms with van der Waals surface area (Å²) >= 11 is 0. The molecule has 0 bridgehead atoms. The number of H-pyrrole nitrogens is 1. The lowest BCUT2D eigenvalue weighted by Crippen LogP contribution is -2.18. The molecule has 1 fully saturated rings. The number of nitrogens with one attached hydrogen (secondary N) is 1. The molecular formula is C25H26N4. The number of nitrogens with zero attached hydrogens (tertiary/aromatic N) is 3. The first-order valence-electron chi connectivity index (χ1n) is 10.4. The summed E-state index contributed by atoms with van der Waals surface area (Å²) in [6.07, 6.45) is 4.54. The number of aromatic amines is 1. The highest BCUT2D eigenvalue weighted by Gasteiger charge is 2.14. The Balaban J connectivity index is 1.52. The van der Waals surface area contributed by atoms with Crippen LogP contribution in [0.1, 0.15) is 29.8 Å². The van der Waals surface area contributed by atoms with Crippen molar-refractivity contribution >= 4 is 16.7 Å². The summed E-state index contributed by atoms with van der Waals surface area (Å²) in [5, 5.41) is 1.26. The van der Waals surface area contributed by atoms with Gasteiger partial charge in [0.25, 0.3) is 0 Å². The molecule has 1 aliphatic rings. The van der Waals surface area contributed by atoms with E-state index in [1.807, 2.05) is 20.0 Å². The van der Waals surface area contributed by atoms with E-state index in [1.165, 1.54) is 40.6 Å². The molecule has 0 unspecified atom stereocenters. The zero-order valence-electron chi connectivity index (χ0n) is 17.3. The summed E-state index contributed by atoms with van der Waals surface area (Å²) in [6, 6.07) is 15.3. The topological polar surface area (TPSA) is 44.8 Å². The fourth-order valence-electron chi connectivity index (χ4n) is 4.47. The number of aryl methyl sites for hydroxylation is 3. The average Bonchev–Trinajstić information content (AvgIpc) is 3.36. The van der Waals surface area contributed by atoms with Crippen LogP contribution in [0.5, 0.6) is 0 Å². The van der Waals surface area contributed by atoms with Crippen LogP contribution in [0.3, 0.4) is 0 Å². The van der Waals surface area contributed by atoms with Crippen LogP contribution < -0.4 is 4.90 Å². The van der Waals surface area contributed by atoms with Crippen LogP contribution in [-0.2, 0) is 0 Å². The standard InChI is InChI=1S/C25H26N4/c1-16-12-21(13-17(2)27-16)25-18(3)22-8-6-19(14-23(22)28-25)20-7-9-24(26-15-20)29-10-4-5-11-29/h6-9,12-15,28H,4-5,10-11H2,1-3H3. The number of hydrogen-bond acceptors (Lipinski definition) is 3. The monoisotopic (exact) mass is 382 g/mol. The van der Waals surface area contributed by atoms with E-state index in [2.05, 4.69) is 64.3 Å². The van der Waals surface area contributed by atoms with E-state index >= 15 is 0 Å². The predicted octanol–water partition coefficient (Wildman–Crippen LogP) is 5.82. The smallest absolute Gasteiger partial charge is 0.128 e. The molecule has 5 rings (SSSR count). The number of pyridine rings is 2. The van der Waals surface area contributed by atoms with Crippen LogP contribution in [0.2, 0.25) is 0 Å². The number of hydrogen-bond donors (Lipinski definition) is 1. The molecule has 0 amide bonds. The summed E-state index contributed by atoms with van der Waals surface area (Å²) in [5.41, 5.74) is 9.23. The Morgan fingerprint density at radius 2 is 1.55 bits per heavy atom. The van der Waals surface area contributed by atoms with Crippen LogP contribution in [0, 0.1) is 20.8 Å². The molecule has 0 radical (unpaired) electrons. The number of fused-ring (bicyclic) bond motifs is 1. The molecule has 4 aromatic rings. The van der Waals surface area contributed by atoms with Crippen molar-refractivity contribution in [3.63, 3.8) is 0 Å². The quantitative estimate of drug-likeness (QED) is 0.486. The van der Waals surface area contributed by atoms with Crippen molar-refractivity contribution in [1.82, 2.24) is 15.0 Å². The van der Waals surface area contributed by atoms with Gasteiger partial charge in [-0.3, -0.25) is 4.98 Å². The lowest BCUT2D eigenvalue weighted by Gasteiger charge is -2.16. The van der Waals surface area contributed by atoms with Gasteiger partial charge in [0.1, 0.15) is 5.82 Å². The van der Waals surface area contributed by atoms with Gasteiger partial charge in [-0.1, -0.05) is 12.1 Å². The van der Waals surface area contributed by atoms with E-state index in [9.17, 15) is 0 Å². The van der Waals surface area contributed by atoms with Gasteiger partial charge >= 0.3 is 0 Å². The van der Waals surface area contributed by atoms with Gasteiger partial charge in [0.15, 0.2) is 0 Å². The van der Waals surface area contributed by atoms with Crippen molar-refractivity contribution in [3.05, 3.63) is 65.6 Å². The zero-order chi connectivity index (χ0) is 20.0. The lowest BCUT2D eigenvalue weighted by atomic mass is 10.0. The van der Waals surface area contributed by atoms with Crippen molar-refractivity contribution in [2.24, 2.45) is 0 Å². The number of benzene rings is 1. The highest BCUT2D eigenvalue weighted by atomic mass is 15.2. The molecule has 0 saturated carbocycles. The average molecular weight is 383 g/mol. The Morgan fingerprint density at radius 3 is 2.24 bits per heavy atom. The molecule has 4 nitrogen and oxygen atoms in total. The summed E-state index contributed by atoms with van der Waals surface area (Å²) in [6.45, 7) is 8.52. The molecule has 0 aliphatic carbocycles. The second-order valence-corrected chi connectivity index (χ2v) is 8.12. The Morgan fingerprint density at radius 1 is 0.828 bits per heavy atom. The molecule has 4 heteroatoms. The lowest BCUT2D eigenvalue weighted by molar-refractivity contribution is 0.938. The minimum atomic E-state index is 1.04. The fraction of sp³-hybridized carbons (Fsp3) is 0.280. The fourth-order valence-corrected chi connectivity index (χ4v) is 4.47. The van der Waals surface area contributed by atoms with Crippen molar-refractivity contribution in [3.8, 4) is 22.4 Å². The van der Waals surface area contributed by atoms with Gasteiger partial charge in [-0.05, 0) is 75.1 Å². The molecule has 0 atom stereocenters. The van der Waals surface area contributed by atoms with Gasteiger partial charge in [0.05, 0.1) is 0 Å². The van der Waals surface area contributed by atoms with Gasteiger partial charge in [-0.2, -0.15) is 0 Å². The highest BCUT2D eigenvalue weighted by molar-refractivity contribution is 5.93.